The van der Waals surface area contributed by atoms with Crippen molar-refractivity contribution in [1.29, 1.82) is 0 Å². The normalized spacial score (nSPS) is 11.1. The summed E-state index contributed by atoms with van der Waals surface area (Å²) in [6.45, 7) is 2.68. The van der Waals surface area contributed by atoms with Gasteiger partial charge in [-0.25, -0.2) is 4.98 Å². The van der Waals surface area contributed by atoms with Crippen molar-refractivity contribution in [2.24, 2.45) is 0 Å². The molecule has 19 heavy (non-hydrogen) atoms. The molecule has 0 atom stereocenters. The molecule has 0 aliphatic carbocycles. The highest BCUT2D eigenvalue weighted by atomic mass is 35.5. The maximum atomic E-state index is 6.22. The fraction of sp³-hybridized carbons (Fsp3) is 0.133. The van der Waals surface area contributed by atoms with Crippen molar-refractivity contribution in [2.45, 2.75) is 13.5 Å². The molecule has 0 aliphatic heterocycles. The highest BCUT2D eigenvalue weighted by molar-refractivity contribution is 6.31. The molecule has 3 rings (SSSR count). The van der Waals surface area contributed by atoms with Crippen molar-refractivity contribution in [1.82, 2.24) is 9.55 Å². The Morgan fingerprint density at radius 2 is 1.95 bits per heavy atom. The Morgan fingerprint density at radius 3 is 2.74 bits per heavy atom. The first kappa shape index (κ1) is 12.1. The van der Waals surface area contributed by atoms with Crippen molar-refractivity contribution in [3.8, 4) is 0 Å². The van der Waals surface area contributed by atoms with E-state index in [2.05, 4.69) is 9.55 Å². The summed E-state index contributed by atoms with van der Waals surface area (Å²) in [5, 5.41) is 0.771. The Morgan fingerprint density at radius 1 is 1.16 bits per heavy atom. The van der Waals surface area contributed by atoms with E-state index >= 15 is 0 Å². The molecule has 0 amide bonds. The molecule has 0 saturated carbocycles. The van der Waals surface area contributed by atoms with Gasteiger partial charge in [-0.3, -0.25) is 0 Å². The minimum atomic E-state index is 0.700. The number of rotatable bonds is 2. The van der Waals surface area contributed by atoms with E-state index < -0.39 is 0 Å². The second-order valence-electron chi connectivity index (χ2n) is 4.55. The van der Waals surface area contributed by atoms with Gasteiger partial charge in [-0.05, 0) is 30.7 Å². The van der Waals surface area contributed by atoms with Gasteiger partial charge in [0, 0.05) is 5.02 Å². The molecule has 0 unspecified atom stereocenters. The van der Waals surface area contributed by atoms with Crippen molar-refractivity contribution < 1.29 is 0 Å². The molecular formula is C15H14ClN3. The quantitative estimate of drug-likeness (QED) is 0.724. The molecule has 0 bridgehead atoms. The average Bonchev–Trinajstić information content (AvgIpc) is 2.71. The lowest BCUT2D eigenvalue weighted by Gasteiger charge is -2.08. The van der Waals surface area contributed by atoms with Gasteiger partial charge >= 0.3 is 0 Å². The van der Waals surface area contributed by atoms with Crippen molar-refractivity contribution in [3.05, 3.63) is 58.9 Å². The smallest absolute Gasteiger partial charge is 0.112 e. The van der Waals surface area contributed by atoms with Gasteiger partial charge in [-0.15, -0.1) is 0 Å². The molecule has 0 aliphatic rings. The highest BCUT2D eigenvalue weighted by Crippen LogP contribution is 2.24. The van der Waals surface area contributed by atoms with E-state index in [9.17, 15) is 0 Å². The van der Waals surface area contributed by atoms with Crippen LogP contribution in [0.15, 0.2) is 42.5 Å². The maximum absolute atomic E-state index is 6.22. The average molecular weight is 272 g/mol. The molecule has 96 valence electrons. The van der Waals surface area contributed by atoms with Gasteiger partial charge in [0.2, 0.25) is 0 Å². The first-order valence-corrected chi connectivity index (χ1v) is 6.49. The molecule has 3 aromatic rings. The summed E-state index contributed by atoms with van der Waals surface area (Å²) >= 11 is 6.22. The van der Waals surface area contributed by atoms with E-state index in [1.807, 2.05) is 49.4 Å². The summed E-state index contributed by atoms with van der Waals surface area (Å²) in [4.78, 5) is 4.53. The zero-order valence-electron chi connectivity index (χ0n) is 10.6. The fourth-order valence-electron chi connectivity index (χ4n) is 2.28. The van der Waals surface area contributed by atoms with Crippen LogP contribution in [0, 0.1) is 6.92 Å². The third-order valence-corrected chi connectivity index (χ3v) is 3.66. The zero-order chi connectivity index (χ0) is 13.4. The number of aromatic nitrogens is 2. The second kappa shape index (κ2) is 4.59. The first-order chi connectivity index (χ1) is 9.16. The molecule has 0 spiro atoms. The van der Waals surface area contributed by atoms with Crippen molar-refractivity contribution >= 4 is 28.3 Å². The predicted octanol–water partition coefficient (Wildman–Crippen LogP) is 3.63. The topological polar surface area (TPSA) is 43.8 Å². The zero-order valence-corrected chi connectivity index (χ0v) is 11.4. The Labute approximate surface area is 116 Å². The van der Waals surface area contributed by atoms with Crippen molar-refractivity contribution in [2.75, 3.05) is 5.73 Å². The maximum Gasteiger partial charge on any atom is 0.112 e. The Bertz CT molecular complexity index is 746. The lowest BCUT2D eigenvalue weighted by Crippen LogP contribution is -2.02. The van der Waals surface area contributed by atoms with Crippen LogP contribution in [0.4, 0.5) is 5.69 Å². The summed E-state index contributed by atoms with van der Waals surface area (Å²) < 4.78 is 2.13. The van der Waals surface area contributed by atoms with Gasteiger partial charge in [0.1, 0.15) is 11.3 Å². The summed E-state index contributed by atoms with van der Waals surface area (Å²) in [6.07, 6.45) is 0. The van der Waals surface area contributed by atoms with Crippen LogP contribution in [-0.4, -0.2) is 9.55 Å². The summed E-state index contributed by atoms with van der Waals surface area (Å²) in [5.41, 5.74) is 9.64. The molecule has 4 heteroatoms. The minimum absolute atomic E-state index is 0.700. The highest BCUT2D eigenvalue weighted by Gasteiger charge is 2.10. The number of aryl methyl sites for hydroxylation is 1. The number of anilines is 1. The van der Waals surface area contributed by atoms with Gasteiger partial charge in [0.15, 0.2) is 0 Å². The van der Waals surface area contributed by atoms with Crippen LogP contribution in [0.3, 0.4) is 0 Å². The Hall–Kier alpha value is -2.00. The Kier molecular flexibility index (Phi) is 2.91. The standard InChI is InChI=1S/C15H14ClN3/c1-10-18-15-13(17)7-4-8-14(15)19(10)9-11-5-2-3-6-12(11)16/h2-8H,9,17H2,1H3. The van der Waals surface area contributed by atoms with E-state index in [0.29, 0.717) is 12.2 Å². The number of hydrogen-bond donors (Lipinski definition) is 1. The molecule has 0 saturated heterocycles. The number of hydrogen-bond acceptors (Lipinski definition) is 2. The lowest BCUT2D eigenvalue weighted by molar-refractivity contribution is 0.786. The van der Waals surface area contributed by atoms with Crippen LogP contribution in [0.1, 0.15) is 11.4 Å². The minimum Gasteiger partial charge on any atom is -0.397 e. The van der Waals surface area contributed by atoms with Crippen molar-refractivity contribution in [3.63, 3.8) is 0 Å². The van der Waals surface area contributed by atoms with E-state index in [-0.39, 0.29) is 0 Å². The fourth-order valence-corrected chi connectivity index (χ4v) is 2.48. The molecule has 2 aromatic carbocycles. The van der Waals surface area contributed by atoms with Gasteiger partial charge < -0.3 is 10.3 Å². The lowest BCUT2D eigenvalue weighted by atomic mass is 10.2. The van der Waals surface area contributed by atoms with Gasteiger partial charge in [0.25, 0.3) is 0 Å². The third kappa shape index (κ3) is 2.06. The summed E-state index contributed by atoms with van der Waals surface area (Å²) in [5.74, 6) is 0.938. The van der Waals surface area contributed by atoms with E-state index in [4.69, 9.17) is 17.3 Å². The number of nitrogen functional groups attached to an aromatic ring is 1. The molecular weight excluding hydrogens is 258 g/mol. The van der Waals surface area contributed by atoms with Crippen LogP contribution in [0.25, 0.3) is 11.0 Å². The van der Waals surface area contributed by atoms with Gasteiger partial charge in [-0.2, -0.15) is 0 Å². The number of nitrogens with two attached hydrogens (primary N) is 1. The number of fused-ring (bicyclic) bond motifs is 1. The largest absolute Gasteiger partial charge is 0.397 e. The number of para-hydroxylation sites is 1. The van der Waals surface area contributed by atoms with Gasteiger partial charge in [-0.1, -0.05) is 35.9 Å². The van der Waals surface area contributed by atoms with E-state index in [1.165, 1.54) is 0 Å². The van der Waals surface area contributed by atoms with Gasteiger partial charge in [0.05, 0.1) is 17.7 Å². The first-order valence-electron chi connectivity index (χ1n) is 6.11. The molecule has 2 N–H and O–H groups in total. The molecule has 0 radical (unpaired) electrons. The number of halogens is 1. The Balaban J connectivity index is 2.13. The summed E-state index contributed by atoms with van der Waals surface area (Å²) in [6, 6.07) is 13.7. The van der Waals surface area contributed by atoms with Crippen LogP contribution in [-0.2, 0) is 6.54 Å². The van der Waals surface area contributed by atoms with Crippen LogP contribution in [0.2, 0.25) is 5.02 Å². The van der Waals surface area contributed by atoms with E-state index in [0.717, 1.165) is 27.4 Å². The predicted molar refractivity (Wildman–Crippen MR) is 79.4 cm³/mol. The SMILES string of the molecule is Cc1nc2c(N)cccc2n1Cc1ccccc1Cl. The van der Waals surface area contributed by atoms with Crippen LogP contribution in [0.5, 0.6) is 0 Å². The monoisotopic (exact) mass is 271 g/mol. The number of imidazole rings is 1. The van der Waals surface area contributed by atoms with Crippen LogP contribution >= 0.6 is 11.6 Å². The van der Waals surface area contributed by atoms with E-state index in [1.54, 1.807) is 0 Å². The molecule has 0 fully saturated rings. The second-order valence-corrected chi connectivity index (χ2v) is 4.96. The summed E-state index contributed by atoms with van der Waals surface area (Å²) in [7, 11) is 0. The van der Waals surface area contributed by atoms with Crippen LogP contribution < -0.4 is 5.73 Å². The number of nitrogens with zero attached hydrogens (tertiary/aromatic N) is 2. The molecule has 1 heterocycles. The molecule has 3 nitrogen and oxygen atoms in total. The number of benzene rings is 2. The third-order valence-electron chi connectivity index (χ3n) is 3.29. The molecule has 1 aromatic heterocycles.